The van der Waals surface area contributed by atoms with E-state index in [1.54, 1.807) is 19.1 Å². The smallest absolute Gasteiger partial charge is 0.323 e. The highest BCUT2D eigenvalue weighted by molar-refractivity contribution is 5.75. The molecule has 0 spiro atoms. The number of hydrogen-bond donors (Lipinski definition) is 2. The molecule has 6 heteroatoms. The number of nitrogens with zero attached hydrogens (tertiary/aromatic N) is 1. The number of ether oxygens (including phenoxy) is 2. The summed E-state index contributed by atoms with van der Waals surface area (Å²) in [5.41, 5.74) is 7.60. The second-order valence-corrected chi connectivity index (χ2v) is 5.41. The third kappa shape index (κ3) is 4.69. The summed E-state index contributed by atoms with van der Waals surface area (Å²) in [5, 5.41) is 10.0. The molecule has 3 N–H and O–H groups in total. The van der Waals surface area contributed by atoms with Crippen molar-refractivity contribution in [1.82, 2.24) is 4.90 Å². The summed E-state index contributed by atoms with van der Waals surface area (Å²) in [6.45, 7) is 5.88. The molecule has 1 aromatic rings. The number of esters is 1. The normalized spacial score (nSPS) is 17.2. The van der Waals surface area contributed by atoms with Crippen LogP contribution in [0.3, 0.4) is 0 Å². The number of carbonyl (C=O) groups excluding carboxylic acids is 1. The molecule has 22 heavy (non-hydrogen) atoms. The zero-order chi connectivity index (χ0) is 15.9. The first-order valence-electron chi connectivity index (χ1n) is 7.63. The highest BCUT2D eigenvalue weighted by atomic mass is 16.5. The fourth-order valence-corrected chi connectivity index (χ4v) is 2.48. The van der Waals surface area contributed by atoms with Crippen LogP contribution in [0.5, 0.6) is 5.75 Å². The Bertz CT molecular complexity index is 501. The van der Waals surface area contributed by atoms with Gasteiger partial charge in [0.15, 0.2) is 0 Å². The van der Waals surface area contributed by atoms with Crippen molar-refractivity contribution in [3.63, 3.8) is 0 Å². The standard InChI is InChI=1S/C16H24N2O4/c1-2-22-16(20)14(17)10-12-3-4-15(19)13(9-12)11-18-5-7-21-8-6-18/h3-4,9,14,19H,2,5-8,10-11,17H2,1H3. The largest absolute Gasteiger partial charge is 0.508 e. The molecule has 0 saturated carbocycles. The number of phenols is 1. The average Bonchev–Trinajstić information content (AvgIpc) is 2.52. The van der Waals surface area contributed by atoms with Crippen molar-refractivity contribution in [3.8, 4) is 5.75 Å². The molecule has 0 amide bonds. The maximum absolute atomic E-state index is 11.6. The predicted molar refractivity (Wildman–Crippen MR) is 82.5 cm³/mol. The molecular weight excluding hydrogens is 284 g/mol. The average molecular weight is 308 g/mol. The van der Waals surface area contributed by atoms with E-state index >= 15 is 0 Å². The monoisotopic (exact) mass is 308 g/mol. The third-order valence-electron chi connectivity index (χ3n) is 3.69. The van der Waals surface area contributed by atoms with Gasteiger partial charge in [0.2, 0.25) is 0 Å². The van der Waals surface area contributed by atoms with E-state index in [0.717, 1.165) is 24.2 Å². The summed E-state index contributed by atoms with van der Waals surface area (Å²) in [6, 6.07) is 4.67. The molecule has 1 aliphatic heterocycles. The first kappa shape index (κ1) is 16.7. The van der Waals surface area contributed by atoms with E-state index in [1.165, 1.54) is 0 Å². The summed E-state index contributed by atoms with van der Waals surface area (Å²) in [7, 11) is 0. The Kier molecular flexibility index (Phi) is 6.18. The van der Waals surface area contributed by atoms with E-state index in [0.29, 0.717) is 32.8 Å². The van der Waals surface area contributed by atoms with Gasteiger partial charge in [-0.15, -0.1) is 0 Å². The maximum atomic E-state index is 11.6. The molecule has 6 nitrogen and oxygen atoms in total. The highest BCUT2D eigenvalue weighted by Crippen LogP contribution is 2.21. The molecule has 0 radical (unpaired) electrons. The van der Waals surface area contributed by atoms with Crippen molar-refractivity contribution in [2.24, 2.45) is 5.73 Å². The van der Waals surface area contributed by atoms with E-state index in [-0.39, 0.29) is 5.75 Å². The Morgan fingerprint density at radius 2 is 2.18 bits per heavy atom. The fourth-order valence-electron chi connectivity index (χ4n) is 2.48. The van der Waals surface area contributed by atoms with Crippen molar-refractivity contribution < 1.29 is 19.4 Å². The number of hydrogen-bond acceptors (Lipinski definition) is 6. The lowest BCUT2D eigenvalue weighted by Crippen LogP contribution is -2.36. The zero-order valence-corrected chi connectivity index (χ0v) is 13.0. The lowest BCUT2D eigenvalue weighted by molar-refractivity contribution is -0.144. The highest BCUT2D eigenvalue weighted by Gasteiger charge is 2.17. The van der Waals surface area contributed by atoms with Crippen LogP contribution in [0.25, 0.3) is 0 Å². The Balaban J connectivity index is 2.01. The van der Waals surface area contributed by atoms with E-state index in [2.05, 4.69) is 4.90 Å². The van der Waals surface area contributed by atoms with Crippen molar-refractivity contribution in [1.29, 1.82) is 0 Å². The van der Waals surface area contributed by atoms with Crippen molar-refractivity contribution in [2.75, 3.05) is 32.9 Å². The molecule has 1 aliphatic rings. The molecule has 1 fully saturated rings. The molecule has 1 aromatic carbocycles. The van der Waals surface area contributed by atoms with Crippen LogP contribution in [0, 0.1) is 0 Å². The van der Waals surface area contributed by atoms with Crippen LogP contribution in [0.2, 0.25) is 0 Å². The number of phenolic OH excluding ortho intramolecular Hbond substituents is 1. The first-order chi connectivity index (χ1) is 10.6. The summed E-state index contributed by atoms with van der Waals surface area (Å²) in [4.78, 5) is 13.8. The van der Waals surface area contributed by atoms with Gasteiger partial charge in [0.05, 0.1) is 19.8 Å². The lowest BCUT2D eigenvalue weighted by atomic mass is 10.0. The van der Waals surface area contributed by atoms with Crippen LogP contribution < -0.4 is 5.73 Å². The topological polar surface area (TPSA) is 85.0 Å². The minimum atomic E-state index is -0.680. The second kappa shape index (κ2) is 8.12. The molecular formula is C16H24N2O4. The van der Waals surface area contributed by atoms with Crippen LogP contribution in [-0.2, 0) is 27.2 Å². The predicted octanol–water partition coefficient (Wildman–Crippen LogP) is 0.657. The molecule has 0 bridgehead atoms. The number of benzene rings is 1. The van der Waals surface area contributed by atoms with Gasteiger partial charge in [0, 0.05) is 25.2 Å². The Morgan fingerprint density at radius 1 is 1.45 bits per heavy atom. The second-order valence-electron chi connectivity index (χ2n) is 5.41. The number of aromatic hydroxyl groups is 1. The number of carbonyl (C=O) groups is 1. The van der Waals surface area contributed by atoms with Gasteiger partial charge in [0.25, 0.3) is 0 Å². The van der Waals surface area contributed by atoms with E-state index < -0.39 is 12.0 Å². The Labute approximate surface area is 130 Å². The number of nitrogens with two attached hydrogens (primary N) is 1. The molecule has 0 aliphatic carbocycles. The van der Waals surface area contributed by atoms with Gasteiger partial charge < -0.3 is 20.3 Å². The van der Waals surface area contributed by atoms with Crippen LogP contribution in [0.4, 0.5) is 0 Å². The number of rotatable bonds is 6. The summed E-state index contributed by atoms with van der Waals surface area (Å²) in [5.74, 6) is -0.134. The fraction of sp³-hybridized carbons (Fsp3) is 0.562. The third-order valence-corrected chi connectivity index (χ3v) is 3.69. The van der Waals surface area contributed by atoms with Gasteiger partial charge in [-0.25, -0.2) is 0 Å². The lowest BCUT2D eigenvalue weighted by Gasteiger charge is -2.27. The molecule has 1 heterocycles. The number of morpholine rings is 1. The van der Waals surface area contributed by atoms with Gasteiger partial charge in [-0.3, -0.25) is 9.69 Å². The maximum Gasteiger partial charge on any atom is 0.323 e. The first-order valence-corrected chi connectivity index (χ1v) is 7.63. The van der Waals surface area contributed by atoms with Crippen LogP contribution in [0.15, 0.2) is 18.2 Å². The minimum Gasteiger partial charge on any atom is -0.508 e. The van der Waals surface area contributed by atoms with Crippen LogP contribution in [-0.4, -0.2) is 54.9 Å². The molecule has 0 aromatic heterocycles. The van der Waals surface area contributed by atoms with Gasteiger partial charge >= 0.3 is 5.97 Å². The van der Waals surface area contributed by atoms with Crippen molar-refractivity contribution in [2.45, 2.75) is 25.9 Å². The Morgan fingerprint density at radius 3 is 2.86 bits per heavy atom. The van der Waals surface area contributed by atoms with Gasteiger partial charge in [-0.2, -0.15) is 0 Å². The zero-order valence-electron chi connectivity index (χ0n) is 13.0. The van der Waals surface area contributed by atoms with Gasteiger partial charge in [-0.05, 0) is 25.0 Å². The molecule has 1 unspecified atom stereocenters. The van der Waals surface area contributed by atoms with E-state index in [4.69, 9.17) is 15.2 Å². The van der Waals surface area contributed by atoms with Crippen LogP contribution in [0.1, 0.15) is 18.1 Å². The SMILES string of the molecule is CCOC(=O)C(N)Cc1ccc(O)c(CN2CCOCC2)c1. The minimum absolute atomic E-state index is 0.264. The quantitative estimate of drug-likeness (QED) is 0.751. The molecule has 122 valence electrons. The molecule has 1 saturated heterocycles. The summed E-state index contributed by atoms with van der Waals surface area (Å²) in [6.07, 6.45) is 0.398. The van der Waals surface area contributed by atoms with Crippen molar-refractivity contribution in [3.05, 3.63) is 29.3 Å². The van der Waals surface area contributed by atoms with Crippen LogP contribution >= 0.6 is 0 Å². The summed E-state index contributed by atoms with van der Waals surface area (Å²) < 4.78 is 10.2. The van der Waals surface area contributed by atoms with Gasteiger partial charge in [-0.1, -0.05) is 12.1 Å². The molecule has 1 atom stereocenters. The Hall–Kier alpha value is -1.63. The van der Waals surface area contributed by atoms with E-state index in [9.17, 15) is 9.90 Å². The molecule has 2 rings (SSSR count). The van der Waals surface area contributed by atoms with E-state index in [1.807, 2.05) is 6.07 Å². The summed E-state index contributed by atoms with van der Waals surface area (Å²) >= 11 is 0. The van der Waals surface area contributed by atoms with Crippen molar-refractivity contribution >= 4 is 5.97 Å². The van der Waals surface area contributed by atoms with Gasteiger partial charge in [0.1, 0.15) is 11.8 Å².